The van der Waals surface area contributed by atoms with Gasteiger partial charge in [0.25, 0.3) is 5.56 Å². The number of hydrogen-bond donors (Lipinski definition) is 3. The normalized spacial score (nSPS) is 12.1. The number of rotatable bonds is 4. The minimum atomic E-state index is -0.498. The molecule has 0 bridgehead atoms. The lowest BCUT2D eigenvalue weighted by molar-refractivity contribution is 0.346. The molecule has 1 aromatic rings. The fraction of sp³-hybridized carbons (Fsp3) is 0.455. The summed E-state index contributed by atoms with van der Waals surface area (Å²) in [6.45, 7) is 4.27. The first-order valence-electron chi connectivity index (χ1n) is 5.31. The third-order valence-electron chi connectivity index (χ3n) is 2.50. The van der Waals surface area contributed by atoms with Crippen LogP contribution in [0, 0.1) is 18.3 Å². The molecule has 0 fully saturated rings. The van der Waals surface area contributed by atoms with Crippen LogP contribution >= 0.6 is 0 Å². The van der Waals surface area contributed by atoms with Gasteiger partial charge in [-0.3, -0.25) is 14.7 Å². The van der Waals surface area contributed by atoms with Crippen LogP contribution in [0.4, 0.5) is 0 Å². The lowest BCUT2D eigenvalue weighted by Crippen LogP contribution is -2.36. The molecule has 0 amide bonds. The van der Waals surface area contributed by atoms with E-state index < -0.39 is 11.7 Å². The van der Waals surface area contributed by atoms with Gasteiger partial charge in [-0.15, -0.1) is 0 Å². The fourth-order valence-electron chi connectivity index (χ4n) is 1.62. The molecule has 0 saturated heterocycles. The van der Waals surface area contributed by atoms with E-state index in [0.717, 1.165) is 4.57 Å². The Kier molecular flexibility index (Phi) is 4.26. The SMILES string of the molecule is Cc1cc(O)n(C(C)NCCN)c(=O)c1C#N. The molecular weight excluding hydrogens is 220 g/mol. The quantitative estimate of drug-likeness (QED) is 0.671. The fourth-order valence-corrected chi connectivity index (χ4v) is 1.62. The van der Waals surface area contributed by atoms with E-state index >= 15 is 0 Å². The second kappa shape index (κ2) is 5.48. The van der Waals surface area contributed by atoms with Crippen molar-refractivity contribution in [3.8, 4) is 11.9 Å². The van der Waals surface area contributed by atoms with E-state index in [-0.39, 0.29) is 11.4 Å². The van der Waals surface area contributed by atoms with Crippen LogP contribution in [0.15, 0.2) is 10.9 Å². The molecule has 0 saturated carbocycles. The van der Waals surface area contributed by atoms with Crippen molar-refractivity contribution >= 4 is 0 Å². The molecule has 1 unspecified atom stereocenters. The Morgan fingerprint density at radius 3 is 2.88 bits per heavy atom. The predicted octanol–water partition coefficient (Wildman–Crippen LogP) is -0.199. The van der Waals surface area contributed by atoms with Crippen LogP contribution < -0.4 is 16.6 Å². The van der Waals surface area contributed by atoms with Crippen molar-refractivity contribution in [1.82, 2.24) is 9.88 Å². The standard InChI is InChI=1S/C11H16N4O2/c1-7-5-10(16)15(8(2)14-4-3-12)11(17)9(7)6-13/h5,8,14,16H,3-4,12H2,1-2H3. The van der Waals surface area contributed by atoms with Crippen molar-refractivity contribution in [2.75, 3.05) is 13.1 Å². The average Bonchev–Trinajstić information content (AvgIpc) is 2.26. The maximum absolute atomic E-state index is 12.0. The average molecular weight is 236 g/mol. The van der Waals surface area contributed by atoms with Gasteiger partial charge in [0, 0.05) is 19.2 Å². The third-order valence-corrected chi connectivity index (χ3v) is 2.50. The molecule has 0 aliphatic rings. The van der Waals surface area contributed by atoms with Gasteiger partial charge < -0.3 is 10.8 Å². The van der Waals surface area contributed by atoms with E-state index in [0.29, 0.717) is 18.7 Å². The number of nitriles is 1. The first kappa shape index (κ1) is 13.2. The highest BCUT2D eigenvalue weighted by atomic mass is 16.3. The van der Waals surface area contributed by atoms with Crippen LogP contribution in [0.3, 0.4) is 0 Å². The summed E-state index contributed by atoms with van der Waals surface area (Å²) in [6.07, 6.45) is -0.418. The van der Waals surface area contributed by atoms with E-state index in [9.17, 15) is 9.90 Å². The van der Waals surface area contributed by atoms with Crippen LogP contribution in [0.25, 0.3) is 0 Å². The molecule has 1 aromatic heterocycles. The van der Waals surface area contributed by atoms with Gasteiger partial charge in [-0.2, -0.15) is 5.26 Å². The monoisotopic (exact) mass is 236 g/mol. The van der Waals surface area contributed by atoms with Gasteiger partial charge in [0.2, 0.25) is 0 Å². The van der Waals surface area contributed by atoms with E-state index in [1.54, 1.807) is 13.8 Å². The minimum Gasteiger partial charge on any atom is -0.494 e. The van der Waals surface area contributed by atoms with Crippen LogP contribution in [0.2, 0.25) is 0 Å². The first-order valence-corrected chi connectivity index (χ1v) is 5.31. The number of aryl methyl sites for hydroxylation is 1. The molecule has 1 atom stereocenters. The maximum atomic E-state index is 12.0. The second-order valence-corrected chi connectivity index (χ2v) is 3.77. The molecule has 6 heteroatoms. The zero-order valence-corrected chi connectivity index (χ0v) is 9.90. The smallest absolute Gasteiger partial charge is 0.272 e. The number of nitrogens with one attached hydrogen (secondary N) is 1. The van der Waals surface area contributed by atoms with E-state index in [1.165, 1.54) is 6.07 Å². The molecular formula is C11H16N4O2. The molecule has 6 nitrogen and oxygen atoms in total. The van der Waals surface area contributed by atoms with Crippen LogP contribution in [-0.2, 0) is 0 Å². The summed E-state index contributed by atoms with van der Waals surface area (Å²) in [4.78, 5) is 12.0. The van der Waals surface area contributed by atoms with Gasteiger partial charge in [-0.1, -0.05) is 0 Å². The van der Waals surface area contributed by atoms with Crippen molar-refractivity contribution in [1.29, 1.82) is 5.26 Å². The van der Waals surface area contributed by atoms with Gasteiger partial charge in [0.15, 0.2) is 5.88 Å². The third kappa shape index (κ3) is 2.64. The number of aromatic nitrogens is 1. The van der Waals surface area contributed by atoms with Gasteiger partial charge >= 0.3 is 0 Å². The summed E-state index contributed by atoms with van der Waals surface area (Å²) in [5, 5.41) is 21.6. The Bertz CT molecular complexity index is 501. The van der Waals surface area contributed by atoms with Crippen LogP contribution in [-0.4, -0.2) is 22.8 Å². The highest BCUT2D eigenvalue weighted by molar-refractivity contribution is 5.37. The molecule has 17 heavy (non-hydrogen) atoms. The van der Waals surface area contributed by atoms with Crippen molar-refractivity contribution in [3.05, 3.63) is 27.5 Å². The summed E-state index contributed by atoms with van der Waals surface area (Å²) in [6, 6.07) is 3.25. The second-order valence-electron chi connectivity index (χ2n) is 3.77. The molecule has 4 N–H and O–H groups in total. The number of hydrogen-bond acceptors (Lipinski definition) is 5. The number of nitrogens with two attached hydrogens (primary N) is 1. The molecule has 92 valence electrons. The molecule has 0 aromatic carbocycles. The molecule has 0 aliphatic heterocycles. The van der Waals surface area contributed by atoms with Gasteiger partial charge in [0.05, 0.1) is 6.17 Å². The number of aromatic hydroxyl groups is 1. The summed E-state index contributed by atoms with van der Waals surface area (Å²) in [5.74, 6) is -0.163. The summed E-state index contributed by atoms with van der Waals surface area (Å²) in [5.41, 5.74) is 5.36. The van der Waals surface area contributed by atoms with Crippen molar-refractivity contribution < 1.29 is 5.11 Å². The lowest BCUT2D eigenvalue weighted by atomic mass is 10.1. The highest BCUT2D eigenvalue weighted by Gasteiger charge is 2.15. The molecule has 1 heterocycles. The predicted molar refractivity (Wildman–Crippen MR) is 63.6 cm³/mol. The summed E-state index contributed by atoms with van der Waals surface area (Å²) in [7, 11) is 0. The van der Waals surface area contributed by atoms with Crippen LogP contribution in [0.5, 0.6) is 5.88 Å². The lowest BCUT2D eigenvalue weighted by Gasteiger charge is -2.18. The van der Waals surface area contributed by atoms with Gasteiger partial charge in [0.1, 0.15) is 11.6 Å². The first-order chi connectivity index (χ1) is 8.02. The van der Waals surface area contributed by atoms with Crippen molar-refractivity contribution in [2.24, 2.45) is 5.73 Å². The molecule has 0 aliphatic carbocycles. The summed E-state index contributed by atoms with van der Waals surface area (Å²) < 4.78 is 1.14. The highest BCUT2D eigenvalue weighted by Crippen LogP contribution is 2.15. The van der Waals surface area contributed by atoms with E-state index in [2.05, 4.69) is 5.32 Å². The minimum absolute atomic E-state index is 0.0456. The topological polar surface area (TPSA) is 104 Å². The van der Waals surface area contributed by atoms with E-state index in [4.69, 9.17) is 11.0 Å². The van der Waals surface area contributed by atoms with Gasteiger partial charge in [-0.05, 0) is 19.4 Å². The Balaban J connectivity index is 3.25. The van der Waals surface area contributed by atoms with E-state index in [1.807, 2.05) is 6.07 Å². The summed E-state index contributed by atoms with van der Waals surface area (Å²) >= 11 is 0. The van der Waals surface area contributed by atoms with Crippen molar-refractivity contribution in [3.63, 3.8) is 0 Å². The molecule has 0 radical (unpaired) electrons. The molecule has 0 spiro atoms. The maximum Gasteiger partial charge on any atom is 0.272 e. The van der Waals surface area contributed by atoms with Crippen LogP contribution in [0.1, 0.15) is 24.2 Å². The number of nitrogens with zero attached hydrogens (tertiary/aromatic N) is 2. The zero-order valence-electron chi connectivity index (χ0n) is 9.90. The zero-order chi connectivity index (χ0) is 13.0. The Morgan fingerprint density at radius 1 is 1.71 bits per heavy atom. The van der Waals surface area contributed by atoms with Gasteiger partial charge in [-0.25, -0.2) is 0 Å². The molecule has 1 rings (SSSR count). The largest absolute Gasteiger partial charge is 0.494 e. The Hall–Kier alpha value is -1.84. The Morgan fingerprint density at radius 2 is 2.35 bits per heavy atom. The number of pyridine rings is 1. The van der Waals surface area contributed by atoms with Crippen molar-refractivity contribution in [2.45, 2.75) is 20.0 Å². The Labute approximate surface area is 99.3 Å².